The molecule has 0 bridgehead atoms. The molecule has 0 saturated carbocycles. The number of phosphoric acid groups is 3. The first-order chi connectivity index (χ1) is 24.9. The third-order valence-corrected chi connectivity index (χ3v) is 11.1. The molecule has 12 N–H and O–H groups in total. The van der Waals surface area contributed by atoms with Crippen molar-refractivity contribution in [1.29, 1.82) is 0 Å². The molecule has 2 amide bonds. The van der Waals surface area contributed by atoms with E-state index < -0.39 is 84.6 Å². The number of ether oxygens (including phenoxy) is 1. The Kier molecular flexibility index (Phi) is 20.5. The molecule has 2 unspecified atom stereocenters. The van der Waals surface area contributed by atoms with E-state index in [1.54, 1.807) is 0 Å². The van der Waals surface area contributed by atoms with Crippen molar-refractivity contribution < 1.29 is 120 Å². The summed E-state index contributed by atoms with van der Waals surface area (Å²) in [5.41, 5.74) is 4.22. The molecule has 0 aliphatic carbocycles. The van der Waals surface area contributed by atoms with E-state index in [-0.39, 0.29) is 94.6 Å². The molecule has 2 aromatic rings. The van der Waals surface area contributed by atoms with E-state index in [2.05, 4.69) is 34.4 Å². The largest absolute Gasteiger partial charge is 1.00 e. The molecular weight excluding hydrogens is 850 g/mol. The fourth-order valence-corrected chi connectivity index (χ4v) is 8.12. The summed E-state index contributed by atoms with van der Waals surface area (Å²) >= 11 is 0.878. The molecule has 3 heterocycles. The molecule has 1 saturated heterocycles. The zero-order chi connectivity index (χ0) is 40.6. The van der Waals surface area contributed by atoms with Crippen molar-refractivity contribution in [3.63, 3.8) is 0 Å². The van der Waals surface area contributed by atoms with E-state index >= 15 is 0 Å². The van der Waals surface area contributed by atoms with Crippen molar-refractivity contribution in [1.82, 2.24) is 30.2 Å². The van der Waals surface area contributed by atoms with Gasteiger partial charge in [-0.1, -0.05) is 25.6 Å². The van der Waals surface area contributed by atoms with Crippen LogP contribution in [0.15, 0.2) is 12.7 Å². The molecule has 2 aromatic heterocycles. The SMILES string of the molecule is CC(=O)CC(=O)SCCNC(=O)CCNC(=O)[C@H](O)C(C)(C)COP(=O)(O)OP(=O)(O)OC[C@H]1O[C@@H](n2cnc3c(N)ncnc32)[C@H](O)[C@@H]1OP(=O)(O)O.O.[Na+]. The van der Waals surface area contributed by atoms with Gasteiger partial charge in [0.1, 0.15) is 42.0 Å². The second-order valence-corrected chi connectivity index (χ2v) is 17.6. The number of amides is 2. The number of nitrogen functional groups attached to an aromatic ring is 1. The predicted molar refractivity (Wildman–Crippen MR) is 186 cm³/mol. The van der Waals surface area contributed by atoms with Crippen molar-refractivity contribution in [3.05, 3.63) is 12.7 Å². The number of thioether (sulfide) groups is 1. The van der Waals surface area contributed by atoms with E-state index in [0.717, 1.165) is 29.0 Å². The van der Waals surface area contributed by atoms with E-state index in [9.17, 15) is 62.7 Å². The Morgan fingerprint density at radius 2 is 1.70 bits per heavy atom. The molecule has 1 fully saturated rings. The number of Topliss-reactive ketones (excluding diaryl/α,β-unsaturated/α-hetero) is 1. The number of aliphatic hydroxyl groups excluding tert-OH is 2. The number of nitrogens with zero attached hydrogens (tertiary/aromatic N) is 4. The van der Waals surface area contributed by atoms with E-state index in [1.807, 2.05) is 0 Å². The average Bonchev–Trinajstić information content (AvgIpc) is 3.60. The van der Waals surface area contributed by atoms with Gasteiger partial charge in [0.05, 0.1) is 26.0 Å². The van der Waals surface area contributed by atoms with E-state index in [1.165, 1.54) is 20.8 Å². The number of anilines is 1. The normalized spacial score (nSPS) is 21.2. The molecule has 1 aliphatic heterocycles. The Labute approximate surface area is 344 Å². The summed E-state index contributed by atoms with van der Waals surface area (Å²) in [6, 6.07) is 0. The number of rotatable bonds is 21. The fourth-order valence-electron chi connectivity index (χ4n) is 4.55. The number of imidazole rings is 1. The number of aromatic nitrogens is 4. The van der Waals surface area contributed by atoms with Crippen LogP contribution in [0.25, 0.3) is 11.2 Å². The topological polar surface area (TPSA) is 412 Å². The fraction of sp³-hybridized carbons (Fsp3) is 0.640. The molecule has 1 aliphatic rings. The van der Waals surface area contributed by atoms with Gasteiger partial charge >= 0.3 is 53.0 Å². The number of carbonyl (C=O) groups excluding carboxylic acids is 4. The Morgan fingerprint density at radius 3 is 2.32 bits per heavy atom. The molecule has 0 spiro atoms. The smallest absolute Gasteiger partial charge is 0.412 e. The van der Waals surface area contributed by atoms with Crippen LogP contribution in [0, 0.1) is 5.41 Å². The summed E-state index contributed by atoms with van der Waals surface area (Å²) in [5, 5.41) is 25.8. The molecule has 0 aromatic carbocycles. The van der Waals surface area contributed by atoms with Crippen molar-refractivity contribution in [2.24, 2.45) is 5.41 Å². The maximum atomic E-state index is 12.6. The van der Waals surface area contributed by atoms with Crippen LogP contribution in [0.4, 0.5) is 5.82 Å². The quantitative estimate of drug-likeness (QED) is 0.0245. The molecule has 3 rings (SSSR count). The van der Waals surface area contributed by atoms with Gasteiger partial charge in [-0.05, 0) is 6.92 Å². The summed E-state index contributed by atoms with van der Waals surface area (Å²) in [5.74, 6) is -1.61. The Bertz CT molecular complexity index is 1840. The van der Waals surface area contributed by atoms with Crippen LogP contribution in [-0.2, 0) is 55.5 Å². The number of fused-ring (bicyclic) bond motifs is 1. The number of aliphatic hydroxyl groups is 2. The third-order valence-electron chi connectivity index (χ3n) is 7.16. The zero-order valence-electron chi connectivity index (χ0n) is 30.2. The third kappa shape index (κ3) is 16.1. The van der Waals surface area contributed by atoms with Crippen LogP contribution in [0.1, 0.15) is 39.8 Å². The number of carbonyl (C=O) groups is 4. The zero-order valence-corrected chi connectivity index (χ0v) is 35.7. The summed E-state index contributed by atoms with van der Waals surface area (Å²) in [7, 11) is -16.4. The monoisotopic (exact) mass is 892 g/mol. The summed E-state index contributed by atoms with van der Waals surface area (Å²) in [6.45, 7) is 1.58. The maximum Gasteiger partial charge on any atom is 1.00 e. The second kappa shape index (κ2) is 22.0. The molecule has 312 valence electrons. The van der Waals surface area contributed by atoms with Crippen molar-refractivity contribution in [2.45, 2.75) is 64.3 Å². The van der Waals surface area contributed by atoms with Gasteiger partial charge in [0.2, 0.25) is 11.8 Å². The van der Waals surface area contributed by atoms with Gasteiger partial charge in [0, 0.05) is 30.7 Å². The minimum absolute atomic E-state index is 0. The predicted octanol–water partition coefficient (Wildman–Crippen LogP) is -5.18. The molecule has 56 heavy (non-hydrogen) atoms. The maximum absolute atomic E-state index is 12.6. The van der Waals surface area contributed by atoms with Crippen LogP contribution < -0.4 is 45.9 Å². The first-order valence-electron chi connectivity index (χ1n) is 15.5. The van der Waals surface area contributed by atoms with Gasteiger partial charge in [0.25, 0.3) is 0 Å². The van der Waals surface area contributed by atoms with Gasteiger partial charge in [-0.25, -0.2) is 28.6 Å². The number of phosphoric ester groups is 3. The Balaban J connectivity index is 0.00000784. The van der Waals surface area contributed by atoms with Crippen molar-refractivity contribution >= 4 is 74.9 Å². The first-order valence-corrected chi connectivity index (χ1v) is 21.0. The first kappa shape index (κ1) is 52.2. The average molecular weight is 893 g/mol. The summed E-state index contributed by atoms with van der Waals surface area (Å²) in [4.78, 5) is 97.7. The molecule has 7 atom stereocenters. The van der Waals surface area contributed by atoms with E-state index in [4.69, 9.17) is 19.5 Å². The van der Waals surface area contributed by atoms with Gasteiger partial charge < -0.3 is 56.4 Å². The number of nitrogens with one attached hydrogen (secondary N) is 2. The van der Waals surface area contributed by atoms with Crippen LogP contribution in [0.2, 0.25) is 0 Å². The van der Waals surface area contributed by atoms with Crippen molar-refractivity contribution in [3.8, 4) is 0 Å². The van der Waals surface area contributed by atoms with Gasteiger partial charge in [0.15, 0.2) is 22.8 Å². The minimum Gasteiger partial charge on any atom is -0.412 e. The minimum atomic E-state index is -5.58. The van der Waals surface area contributed by atoms with Gasteiger partial charge in [-0.2, -0.15) is 4.31 Å². The number of ketones is 1. The van der Waals surface area contributed by atoms with Crippen LogP contribution >= 0.6 is 35.2 Å². The number of nitrogens with two attached hydrogens (primary N) is 1. The number of hydrogen-bond acceptors (Lipinski definition) is 19. The Hall–Kier alpha value is -1.81. The second-order valence-electron chi connectivity index (χ2n) is 12.2. The molecular formula is C25H42N7NaO19P3S+. The van der Waals surface area contributed by atoms with Crippen LogP contribution in [-0.4, -0.2) is 134 Å². The molecule has 26 nitrogen and oxygen atoms in total. The van der Waals surface area contributed by atoms with Crippen LogP contribution in [0.3, 0.4) is 0 Å². The summed E-state index contributed by atoms with van der Waals surface area (Å²) in [6.07, 6.45) is -7.24. The molecule has 0 radical (unpaired) electrons. The number of hydrogen-bond donors (Lipinski definition) is 9. The van der Waals surface area contributed by atoms with Gasteiger partial charge in [-0.3, -0.25) is 37.3 Å². The van der Waals surface area contributed by atoms with Crippen molar-refractivity contribution in [2.75, 3.05) is 37.8 Å². The van der Waals surface area contributed by atoms with Crippen LogP contribution in [0.5, 0.6) is 0 Å². The molecule has 31 heteroatoms. The Morgan fingerprint density at radius 1 is 1.05 bits per heavy atom. The van der Waals surface area contributed by atoms with Gasteiger partial charge in [-0.15, -0.1) is 0 Å². The summed E-state index contributed by atoms with van der Waals surface area (Å²) < 4.78 is 61.9. The van der Waals surface area contributed by atoms with E-state index in [0.29, 0.717) is 0 Å². The standard InChI is InChI=1S/C25H40N7O18P3S.Na.H2O/c1-13(33)8-16(35)54-7-6-27-15(34)4-5-28-23(38)20(37)25(2,3)10-47-53(44,45)50-52(42,43)46-9-14-19(49-51(39,40)41)18(36)24(48-14)32-12-31-17-21(26)29-11-30-22(17)32;;/h11-12,14,18-20,24,36-37H,4-10H2,1-3H3,(H,27,34)(H,28,38)(H,42,43)(H,44,45)(H2,26,29,30)(H2,39,40,41);;1H2/q;+1;/t14-,18-,19-,20+,24-;;/m1../s1.